The van der Waals surface area contributed by atoms with Gasteiger partial charge >= 0.3 is 5.97 Å². The molecule has 0 aliphatic heterocycles. The third-order valence-corrected chi connectivity index (χ3v) is 1.88. The van der Waals surface area contributed by atoms with Crippen molar-refractivity contribution in [3.63, 3.8) is 0 Å². The zero-order valence-corrected chi connectivity index (χ0v) is 7.25. The van der Waals surface area contributed by atoms with Crippen LogP contribution < -0.4 is 0 Å². The molecule has 0 saturated carbocycles. The molecule has 12 heavy (non-hydrogen) atoms. The van der Waals surface area contributed by atoms with Crippen molar-refractivity contribution >= 4 is 5.97 Å². The minimum atomic E-state index is -0.460. The van der Waals surface area contributed by atoms with Crippen molar-refractivity contribution in [1.82, 2.24) is 0 Å². The molecule has 0 bridgehead atoms. The lowest BCUT2D eigenvalue weighted by Gasteiger charge is -2.15. The molecule has 1 unspecified atom stereocenters. The summed E-state index contributed by atoms with van der Waals surface area (Å²) in [5.74, 6) is -0.281. The Morgan fingerprint density at radius 2 is 2.58 bits per heavy atom. The molecule has 68 valence electrons. The van der Waals surface area contributed by atoms with Crippen molar-refractivity contribution in [2.45, 2.75) is 32.3 Å². The van der Waals surface area contributed by atoms with E-state index in [2.05, 4.69) is 0 Å². The topological polar surface area (TPSA) is 46.5 Å². The fourth-order valence-corrected chi connectivity index (χ4v) is 1.29. The summed E-state index contributed by atoms with van der Waals surface area (Å²) >= 11 is 0. The molecule has 0 aromatic rings. The summed E-state index contributed by atoms with van der Waals surface area (Å²) in [6, 6.07) is 0. The van der Waals surface area contributed by atoms with Gasteiger partial charge < -0.3 is 9.84 Å². The standard InChI is InChI=1S/C9H14O3/c1-2-12-9(11)7-4-3-5-8(10)6-7/h6,8,10H,2-5H2,1H3. The minimum absolute atomic E-state index is 0.281. The molecule has 0 heterocycles. The maximum absolute atomic E-state index is 11.1. The molecule has 0 aromatic heterocycles. The number of ether oxygens (including phenoxy) is 1. The summed E-state index contributed by atoms with van der Waals surface area (Å²) in [7, 11) is 0. The van der Waals surface area contributed by atoms with Gasteiger partial charge in [-0.25, -0.2) is 4.79 Å². The number of carbonyl (C=O) groups is 1. The SMILES string of the molecule is CCOC(=O)C1=CC(O)CCC1. The van der Waals surface area contributed by atoms with Crippen molar-refractivity contribution in [1.29, 1.82) is 0 Å². The highest BCUT2D eigenvalue weighted by molar-refractivity contribution is 5.88. The first kappa shape index (κ1) is 9.26. The van der Waals surface area contributed by atoms with Crippen LogP contribution in [0.2, 0.25) is 0 Å². The average molecular weight is 170 g/mol. The zero-order valence-electron chi connectivity index (χ0n) is 7.25. The maximum Gasteiger partial charge on any atom is 0.333 e. The Morgan fingerprint density at radius 1 is 1.83 bits per heavy atom. The first-order valence-electron chi connectivity index (χ1n) is 4.30. The number of rotatable bonds is 2. The van der Waals surface area contributed by atoms with Gasteiger partial charge in [0, 0.05) is 5.57 Å². The molecule has 1 atom stereocenters. The van der Waals surface area contributed by atoms with E-state index in [-0.39, 0.29) is 5.97 Å². The summed E-state index contributed by atoms with van der Waals surface area (Å²) in [5.41, 5.74) is 0.621. The summed E-state index contributed by atoms with van der Waals surface area (Å²) in [5, 5.41) is 9.21. The number of hydrogen-bond acceptors (Lipinski definition) is 3. The number of aliphatic hydroxyl groups excluding tert-OH is 1. The van der Waals surface area contributed by atoms with Crippen molar-refractivity contribution in [2.75, 3.05) is 6.61 Å². The van der Waals surface area contributed by atoms with Gasteiger partial charge in [0.15, 0.2) is 0 Å². The van der Waals surface area contributed by atoms with Crippen molar-refractivity contribution in [3.05, 3.63) is 11.6 Å². The van der Waals surface area contributed by atoms with Crippen LogP contribution >= 0.6 is 0 Å². The van der Waals surface area contributed by atoms with Crippen LogP contribution in [-0.4, -0.2) is 23.8 Å². The highest BCUT2D eigenvalue weighted by Gasteiger charge is 2.17. The Bertz CT molecular complexity index is 196. The largest absolute Gasteiger partial charge is 0.463 e. The molecule has 1 rings (SSSR count). The van der Waals surface area contributed by atoms with Crippen LogP contribution in [0.3, 0.4) is 0 Å². The van der Waals surface area contributed by atoms with Gasteiger partial charge in [0.2, 0.25) is 0 Å². The molecular weight excluding hydrogens is 156 g/mol. The number of carbonyl (C=O) groups excluding carboxylic acids is 1. The van der Waals surface area contributed by atoms with E-state index >= 15 is 0 Å². The van der Waals surface area contributed by atoms with Crippen molar-refractivity contribution < 1.29 is 14.6 Å². The van der Waals surface area contributed by atoms with Gasteiger partial charge in [-0.05, 0) is 32.3 Å². The third kappa shape index (κ3) is 2.34. The number of hydrogen-bond donors (Lipinski definition) is 1. The second kappa shape index (κ2) is 4.26. The molecule has 3 nitrogen and oxygen atoms in total. The van der Waals surface area contributed by atoms with Gasteiger partial charge in [0.05, 0.1) is 12.7 Å². The van der Waals surface area contributed by atoms with Crippen LogP contribution in [0, 0.1) is 0 Å². The van der Waals surface area contributed by atoms with Gasteiger partial charge in [-0.15, -0.1) is 0 Å². The van der Waals surface area contributed by atoms with E-state index in [1.54, 1.807) is 13.0 Å². The molecule has 0 fully saturated rings. The van der Waals surface area contributed by atoms with E-state index in [9.17, 15) is 9.90 Å². The van der Waals surface area contributed by atoms with E-state index in [1.807, 2.05) is 0 Å². The lowest BCUT2D eigenvalue weighted by atomic mass is 9.98. The van der Waals surface area contributed by atoms with Crippen LogP contribution in [0.25, 0.3) is 0 Å². The van der Waals surface area contributed by atoms with Crippen LogP contribution in [0.1, 0.15) is 26.2 Å². The fraction of sp³-hybridized carbons (Fsp3) is 0.667. The summed E-state index contributed by atoms with van der Waals surface area (Å²) in [6.45, 7) is 2.17. The van der Waals surface area contributed by atoms with E-state index in [4.69, 9.17) is 4.74 Å². The average Bonchev–Trinajstić information content (AvgIpc) is 2.05. The van der Waals surface area contributed by atoms with Gasteiger partial charge in [-0.3, -0.25) is 0 Å². The lowest BCUT2D eigenvalue weighted by molar-refractivity contribution is -0.138. The molecule has 1 N–H and O–H groups in total. The van der Waals surface area contributed by atoms with Gasteiger partial charge in [0.1, 0.15) is 0 Å². The summed E-state index contributed by atoms with van der Waals surface area (Å²) in [6.07, 6.45) is 3.49. The van der Waals surface area contributed by atoms with E-state index in [0.29, 0.717) is 12.2 Å². The van der Waals surface area contributed by atoms with E-state index < -0.39 is 6.10 Å². The summed E-state index contributed by atoms with van der Waals surface area (Å²) in [4.78, 5) is 11.1. The molecule has 3 heteroatoms. The minimum Gasteiger partial charge on any atom is -0.463 e. The molecule has 1 aliphatic rings. The molecule has 0 amide bonds. The Labute approximate surface area is 72.0 Å². The Kier molecular flexibility index (Phi) is 3.29. The van der Waals surface area contributed by atoms with Crippen LogP contribution in [0.4, 0.5) is 0 Å². The Balaban J connectivity index is 2.55. The smallest absolute Gasteiger partial charge is 0.333 e. The Morgan fingerprint density at radius 3 is 3.17 bits per heavy atom. The molecule has 1 aliphatic carbocycles. The Hall–Kier alpha value is -0.830. The zero-order chi connectivity index (χ0) is 8.97. The maximum atomic E-state index is 11.1. The quantitative estimate of drug-likeness (QED) is 0.629. The molecule has 0 spiro atoms. The predicted molar refractivity (Wildman–Crippen MR) is 44.6 cm³/mol. The van der Waals surface area contributed by atoms with Gasteiger partial charge in [0.25, 0.3) is 0 Å². The van der Waals surface area contributed by atoms with E-state index in [0.717, 1.165) is 19.3 Å². The second-order valence-corrected chi connectivity index (χ2v) is 2.87. The molecule has 0 radical (unpaired) electrons. The van der Waals surface area contributed by atoms with Crippen LogP contribution in [0.15, 0.2) is 11.6 Å². The first-order chi connectivity index (χ1) is 5.74. The monoisotopic (exact) mass is 170 g/mol. The fourth-order valence-electron chi connectivity index (χ4n) is 1.29. The number of esters is 1. The second-order valence-electron chi connectivity index (χ2n) is 2.87. The first-order valence-corrected chi connectivity index (χ1v) is 4.30. The molecule has 0 aromatic carbocycles. The van der Waals surface area contributed by atoms with Crippen molar-refractivity contribution in [3.8, 4) is 0 Å². The summed E-state index contributed by atoms with van der Waals surface area (Å²) < 4.78 is 4.81. The molecular formula is C9H14O3. The highest BCUT2D eigenvalue weighted by atomic mass is 16.5. The normalized spacial score (nSPS) is 23.2. The highest BCUT2D eigenvalue weighted by Crippen LogP contribution is 2.18. The lowest BCUT2D eigenvalue weighted by Crippen LogP contribution is -2.16. The van der Waals surface area contributed by atoms with Crippen molar-refractivity contribution in [2.24, 2.45) is 0 Å². The third-order valence-electron chi connectivity index (χ3n) is 1.88. The number of aliphatic hydroxyl groups is 1. The van der Waals surface area contributed by atoms with Gasteiger partial charge in [-0.2, -0.15) is 0 Å². The molecule has 0 saturated heterocycles. The van der Waals surface area contributed by atoms with Crippen LogP contribution in [0.5, 0.6) is 0 Å². The van der Waals surface area contributed by atoms with Crippen LogP contribution in [-0.2, 0) is 9.53 Å². The van der Waals surface area contributed by atoms with Gasteiger partial charge in [-0.1, -0.05) is 0 Å². The van der Waals surface area contributed by atoms with E-state index in [1.165, 1.54) is 0 Å². The predicted octanol–water partition coefficient (Wildman–Crippen LogP) is 1.02.